The highest BCUT2D eigenvalue weighted by molar-refractivity contribution is 5.85. The van der Waals surface area contributed by atoms with E-state index in [1.165, 1.54) is 29.4 Å². The summed E-state index contributed by atoms with van der Waals surface area (Å²) < 4.78 is 6.14. The van der Waals surface area contributed by atoms with E-state index in [1.54, 1.807) is 0 Å². The van der Waals surface area contributed by atoms with Gasteiger partial charge in [-0.25, -0.2) is 0 Å². The maximum Gasteiger partial charge on any atom is 0.138 e. The fraction of sp³-hybridized carbons (Fsp3) is 0.529. The number of aryl methyl sites for hydroxylation is 1. The Balaban J connectivity index is 2.17. The average molecular weight is 257 g/mol. The summed E-state index contributed by atoms with van der Waals surface area (Å²) in [7, 11) is 0. The zero-order valence-electron chi connectivity index (χ0n) is 12.3. The lowest BCUT2D eigenvalue weighted by Gasteiger charge is -2.19. The summed E-state index contributed by atoms with van der Waals surface area (Å²) in [5.41, 5.74) is 9.92. The van der Waals surface area contributed by atoms with E-state index >= 15 is 0 Å². The van der Waals surface area contributed by atoms with Crippen molar-refractivity contribution < 1.29 is 4.42 Å². The molecule has 2 heteroatoms. The van der Waals surface area contributed by atoms with Gasteiger partial charge in [0.25, 0.3) is 0 Å². The van der Waals surface area contributed by atoms with Crippen molar-refractivity contribution in [3.63, 3.8) is 0 Å². The first-order chi connectivity index (χ1) is 8.88. The molecule has 102 valence electrons. The Morgan fingerprint density at radius 1 is 1.26 bits per heavy atom. The van der Waals surface area contributed by atoms with Crippen LogP contribution in [0.15, 0.2) is 22.6 Å². The van der Waals surface area contributed by atoms with Gasteiger partial charge in [0.1, 0.15) is 11.3 Å². The molecule has 0 aliphatic heterocycles. The predicted octanol–water partition coefficient (Wildman–Crippen LogP) is 4.45. The minimum absolute atomic E-state index is 0.0691. The molecule has 0 spiro atoms. The second kappa shape index (κ2) is 4.11. The zero-order valence-corrected chi connectivity index (χ0v) is 12.3. The van der Waals surface area contributed by atoms with Crippen LogP contribution in [0.5, 0.6) is 0 Å². The fourth-order valence-corrected chi connectivity index (χ4v) is 2.72. The molecule has 1 saturated carbocycles. The highest BCUT2D eigenvalue weighted by Crippen LogP contribution is 2.42. The van der Waals surface area contributed by atoms with Gasteiger partial charge < -0.3 is 10.2 Å². The van der Waals surface area contributed by atoms with Gasteiger partial charge in [-0.05, 0) is 42.7 Å². The Morgan fingerprint density at radius 3 is 2.53 bits per heavy atom. The van der Waals surface area contributed by atoms with Gasteiger partial charge in [0.15, 0.2) is 0 Å². The SMILES string of the molecule is Cc1ccc(C(C)(C)C)c2oc(C(N)C3CC3)cc12. The largest absolute Gasteiger partial charge is 0.459 e. The molecule has 0 amide bonds. The summed E-state index contributed by atoms with van der Waals surface area (Å²) in [5.74, 6) is 1.58. The Morgan fingerprint density at radius 2 is 1.95 bits per heavy atom. The average Bonchev–Trinajstić information content (AvgIpc) is 3.06. The Bertz CT molecular complexity index is 614. The van der Waals surface area contributed by atoms with Crippen LogP contribution in [-0.4, -0.2) is 0 Å². The van der Waals surface area contributed by atoms with Crippen molar-refractivity contribution in [2.45, 2.75) is 52.0 Å². The van der Waals surface area contributed by atoms with Gasteiger partial charge in [-0.2, -0.15) is 0 Å². The normalized spacial score (nSPS) is 17.9. The Kier molecular flexibility index (Phi) is 2.75. The fourth-order valence-electron chi connectivity index (χ4n) is 2.72. The first-order valence-corrected chi connectivity index (χ1v) is 7.17. The minimum Gasteiger partial charge on any atom is -0.459 e. The van der Waals surface area contributed by atoms with Gasteiger partial charge in [-0.1, -0.05) is 32.9 Å². The molecule has 2 N–H and O–H groups in total. The van der Waals surface area contributed by atoms with Crippen molar-refractivity contribution in [2.75, 3.05) is 0 Å². The lowest BCUT2D eigenvalue weighted by atomic mass is 9.85. The van der Waals surface area contributed by atoms with E-state index in [9.17, 15) is 0 Å². The molecule has 0 saturated heterocycles. The van der Waals surface area contributed by atoms with Gasteiger partial charge in [-0.3, -0.25) is 0 Å². The lowest BCUT2D eigenvalue weighted by Crippen LogP contribution is -2.12. The molecule has 1 heterocycles. The van der Waals surface area contributed by atoms with Crippen molar-refractivity contribution in [1.82, 2.24) is 0 Å². The highest BCUT2D eigenvalue weighted by Gasteiger charge is 2.32. The second-order valence-corrected chi connectivity index (χ2v) is 6.93. The van der Waals surface area contributed by atoms with Crippen LogP contribution in [0.4, 0.5) is 0 Å². The van der Waals surface area contributed by atoms with Gasteiger partial charge in [0.2, 0.25) is 0 Å². The molecule has 1 aliphatic carbocycles. The first kappa shape index (κ1) is 12.7. The molecule has 1 aliphatic rings. The molecule has 19 heavy (non-hydrogen) atoms. The van der Waals surface area contributed by atoms with Crippen LogP contribution in [0.2, 0.25) is 0 Å². The smallest absolute Gasteiger partial charge is 0.138 e. The van der Waals surface area contributed by atoms with Crippen LogP contribution in [0.25, 0.3) is 11.0 Å². The quantitative estimate of drug-likeness (QED) is 0.863. The van der Waals surface area contributed by atoms with Crippen molar-refractivity contribution in [3.05, 3.63) is 35.1 Å². The number of hydrogen-bond acceptors (Lipinski definition) is 2. The van der Waals surface area contributed by atoms with Gasteiger partial charge in [0.05, 0.1) is 6.04 Å². The molecular weight excluding hydrogens is 234 g/mol. The summed E-state index contributed by atoms with van der Waals surface area (Å²) in [6.07, 6.45) is 2.48. The maximum absolute atomic E-state index is 6.28. The Hall–Kier alpha value is -1.28. The van der Waals surface area contributed by atoms with E-state index in [-0.39, 0.29) is 11.5 Å². The van der Waals surface area contributed by atoms with E-state index in [2.05, 4.69) is 45.9 Å². The summed E-state index contributed by atoms with van der Waals surface area (Å²) in [6.45, 7) is 8.80. The maximum atomic E-state index is 6.28. The van der Waals surface area contributed by atoms with Crippen LogP contribution in [0, 0.1) is 12.8 Å². The zero-order chi connectivity index (χ0) is 13.8. The van der Waals surface area contributed by atoms with Gasteiger partial charge in [0, 0.05) is 10.9 Å². The molecular formula is C17H23NO. The third kappa shape index (κ3) is 2.18. The number of rotatable bonds is 2. The van der Waals surface area contributed by atoms with E-state index in [4.69, 9.17) is 10.2 Å². The number of furan rings is 1. The molecule has 0 bridgehead atoms. The molecule has 2 nitrogen and oxygen atoms in total. The molecule has 1 aromatic heterocycles. The van der Waals surface area contributed by atoms with E-state index < -0.39 is 0 Å². The molecule has 2 aromatic rings. The van der Waals surface area contributed by atoms with Crippen molar-refractivity contribution >= 4 is 11.0 Å². The van der Waals surface area contributed by atoms with Crippen LogP contribution >= 0.6 is 0 Å². The van der Waals surface area contributed by atoms with Crippen molar-refractivity contribution in [1.29, 1.82) is 0 Å². The second-order valence-electron chi connectivity index (χ2n) is 6.93. The predicted molar refractivity (Wildman–Crippen MR) is 79.3 cm³/mol. The third-order valence-corrected chi connectivity index (χ3v) is 4.19. The number of benzene rings is 1. The van der Waals surface area contributed by atoms with E-state index in [1.807, 2.05) is 0 Å². The lowest BCUT2D eigenvalue weighted by molar-refractivity contribution is 0.460. The van der Waals surface area contributed by atoms with Crippen LogP contribution in [0.1, 0.15) is 56.5 Å². The summed E-state index contributed by atoms with van der Waals surface area (Å²) in [6, 6.07) is 6.60. The topological polar surface area (TPSA) is 39.2 Å². The number of hydrogen-bond donors (Lipinski definition) is 1. The molecule has 3 rings (SSSR count). The number of nitrogens with two attached hydrogens (primary N) is 1. The first-order valence-electron chi connectivity index (χ1n) is 7.17. The number of fused-ring (bicyclic) bond motifs is 1. The van der Waals surface area contributed by atoms with Crippen molar-refractivity contribution in [2.24, 2.45) is 11.7 Å². The van der Waals surface area contributed by atoms with Crippen molar-refractivity contribution in [3.8, 4) is 0 Å². The van der Waals surface area contributed by atoms with E-state index in [0.717, 1.165) is 11.3 Å². The summed E-state index contributed by atoms with van der Waals surface area (Å²) >= 11 is 0. The molecule has 1 fully saturated rings. The summed E-state index contributed by atoms with van der Waals surface area (Å²) in [5, 5.41) is 1.22. The minimum atomic E-state index is 0.0691. The highest BCUT2D eigenvalue weighted by atomic mass is 16.3. The standard InChI is InChI=1S/C17H23NO/c1-10-5-8-13(17(2,3)4)16-12(10)9-14(19-16)15(18)11-6-7-11/h5,8-9,11,15H,6-7,18H2,1-4H3. The monoisotopic (exact) mass is 257 g/mol. The van der Waals surface area contributed by atoms with Gasteiger partial charge >= 0.3 is 0 Å². The molecule has 1 aromatic carbocycles. The van der Waals surface area contributed by atoms with Crippen LogP contribution in [0.3, 0.4) is 0 Å². The van der Waals surface area contributed by atoms with Gasteiger partial charge in [-0.15, -0.1) is 0 Å². The summed E-state index contributed by atoms with van der Waals surface area (Å²) in [4.78, 5) is 0. The Labute approximate surface area is 115 Å². The van der Waals surface area contributed by atoms with Crippen LogP contribution < -0.4 is 5.73 Å². The molecule has 1 unspecified atom stereocenters. The molecule has 1 atom stereocenters. The van der Waals surface area contributed by atoms with E-state index in [0.29, 0.717) is 5.92 Å². The molecule has 0 radical (unpaired) electrons. The third-order valence-electron chi connectivity index (χ3n) is 4.19. The van der Waals surface area contributed by atoms with Crippen LogP contribution in [-0.2, 0) is 5.41 Å².